The molecule has 0 amide bonds. The van der Waals surface area contributed by atoms with Crippen LogP contribution in [0.1, 0.15) is 18.1 Å². The van der Waals surface area contributed by atoms with Gasteiger partial charge >= 0.3 is 0 Å². The molecule has 1 rings (SSSR count). The number of hydrogen-bond donors (Lipinski definition) is 0. The molecule has 1 aromatic carbocycles. The molecule has 0 saturated heterocycles. The Morgan fingerprint density at radius 3 is 2.42 bits per heavy atom. The molecule has 0 aliphatic carbocycles. The molecule has 0 N–H and O–H groups in total. The van der Waals surface area contributed by atoms with Gasteiger partial charge in [0.15, 0.2) is 0 Å². The second-order valence-corrected chi connectivity index (χ2v) is 2.72. The summed E-state index contributed by atoms with van der Waals surface area (Å²) in [4.78, 5) is 10.7. The molecule has 0 heterocycles. The van der Waals surface area contributed by atoms with Gasteiger partial charge in [-0.15, -0.1) is 6.42 Å². The maximum atomic E-state index is 10.7. The van der Waals surface area contributed by atoms with E-state index in [4.69, 9.17) is 6.42 Å². The Kier molecular flexibility index (Phi) is 2.66. The first-order valence-electron chi connectivity index (χ1n) is 3.77. The van der Waals surface area contributed by atoms with E-state index in [0.717, 1.165) is 11.1 Å². The Balaban J connectivity index is 2.80. The van der Waals surface area contributed by atoms with Crippen molar-refractivity contribution in [3.63, 3.8) is 0 Å². The molecule has 0 radical (unpaired) electrons. The molecule has 1 heteroatoms. The van der Waals surface area contributed by atoms with E-state index < -0.39 is 0 Å². The summed E-state index contributed by atoms with van der Waals surface area (Å²) in [5.41, 5.74) is 1.86. The highest BCUT2D eigenvalue weighted by Gasteiger charge is 1.95. The van der Waals surface area contributed by atoms with Gasteiger partial charge in [0.05, 0.1) is 0 Å². The molecule has 0 unspecified atom stereocenters. The largest absolute Gasteiger partial charge is 0.300 e. The first-order valence-corrected chi connectivity index (χ1v) is 3.77. The number of carbonyl (C=O) groups excluding carboxylic acids is 1. The van der Waals surface area contributed by atoms with Gasteiger partial charge in [-0.3, -0.25) is 4.79 Å². The lowest BCUT2D eigenvalue weighted by Gasteiger charge is -1.96. The normalized spacial score (nSPS) is 9.00. The van der Waals surface area contributed by atoms with Crippen molar-refractivity contribution in [3.8, 4) is 12.3 Å². The van der Waals surface area contributed by atoms with Crippen LogP contribution in [0.4, 0.5) is 0 Å². The molecular weight excluding hydrogens is 148 g/mol. The SMILES string of the molecule is C#Cc1ccc(CC(C)=O)cc1. The number of ketones is 1. The van der Waals surface area contributed by atoms with Gasteiger partial charge < -0.3 is 0 Å². The molecule has 0 atom stereocenters. The van der Waals surface area contributed by atoms with E-state index in [-0.39, 0.29) is 5.78 Å². The maximum Gasteiger partial charge on any atom is 0.134 e. The summed E-state index contributed by atoms with van der Waals surface area (Å²) in [6.07, 6.45) is 5.68. The van der Waals surface area contributed by atoms with Crippen molar-refractivity contribution in [2.45, 2.75) is 13.3 Å². The van der Waals surface area contributed by atoms with Crippen molar-refractivity contribution < 1.29 is 4.79 Å². The van der Waals surface area contributed by atoms with E-state index >= 15 is 0 Å². The summed E-state index contributed by atoms with van der Waals surface area (Å²) in [6, 6.07) is 7.46. The zero-order chi connectivity index (χ0) is 8.97. The Hall–Kier alpha value is -1.55. The molecule has 1 nitrogen and oxygen atoms in total. The van der Waals surface area contributed by atoms with Gasteiger partial charge in [0.25, 0.3) is 0 Å². The molecule has 1 aromatic rings. The maximum absolute atomic E-state index is 10.7. The van der Waals surface area contributed by atoms with Crippen LogP contribution in [0.5, 0.6) is 0 Å². The summed E-state index contributed by atoms with van der Waals surface area (Å²) in [5, 5.41) is 0. The summed E-state index contributed by atoms with van der Waals surface area (Å²) in [7, 11) is 0. The van der Waals surface area contributed by atoms with Crippen LogP contribution in [0, 0.1) is 12.3 Å². The lowest BCUT2D eigenvalue weighted by molar-refractivity contribution is -0.116. The Labute approximate surface area is 72.4 Å². The molecular formula is C11H10O. The topological polar surface area (TPSA) is 17.1 Å². The van der Waals surface area contributed by atoms with E-state index in [2.05, 4.69) is 5.92 Å². The predicted molar refractivity (Wildman–Crippen MR) is 48.8 cm³/mol. The molecule has 0 aromatic heterocycles. The summed E-state index contributed by atoms with van der Waals surface area (Å²) >= 11 is 0. The first kappa shape index (κ1) is 8.55. The second kappa shape index (κ2) is 3.73. The smallest absolute Gasteiger partial charge is 0.134 e. The fourth-order valence-electron chi connectivity index (χ4n) is 1.01. The lowest BCUT2D eigenvalue weighted by atomic mass is 10.1. The number of rotatable bonds is 2. The third kappa shape index (κ3) is 2.25. The second-order valence-electron chi connectivity index (χ2n) is 2.72. The summed E-state index contributed by atoms with van der Waals surface area (Å²) in [6.45, 7) is 1.58. The fourth-order valence-corrected chi connectivity index (χ4v) is 1.01. The molecule has 0 saturated carbocycles. The molecule has 0 bridgehead atoms. The van der Waals surface area contributed by atoms with Gasteiger partial charge in [-0.2, -0.15) is 0 Å². The van der Waals surface area contributed by atoms with Gasteiger partial charge in [-0.05, 0) is 24.6 Å². The third-order valence-electron chi connectivity index (χ3n) is 1.57. The van der Waals surface area contributed by atoms with Gasteiger partial charge in [-0.1, -0.05) is 18.1 Å². The number of terminal acetylenes is 1. The highest BCUT2D eigenvalue weighted by molar-refractivity contribution is 5.78. The van der Waals surface area contributed by atoms with Crippen LogP contribution in [-0.4, -0.2) is 5.78 Å². The molecule has 0 aliphatic heterocycles. The lowest BCUT2D eigenvalue weighted by Crippen LogP contribution is -1.95. The van der Waals surface area contributed by atoms with E-state index in [0.29, 0.717) is 6.42 Å². The minimum Gasteiger partial charge on any atom is -0.300 e. The first-order chi connectivity index (χ1) is 5.72. The number of carbonyl (C=O) groups is 1. The van der Waals surface area contributed by atoms with E-state index in [1.807, 2.05) is 24.3 Å². The van der Waals surface area contributed by atoms with E-state index in [1.54, 1.807) is 6.92 Å². The quantitative estimate of drug-likeness (QED) is 0.600. The van der Waals surface area contributed by atoms with Gasteiger partial charge in [-0.25, -0.2) is 0 Å². The van der Waals surface area contributed by atoms with Crippen LogP contribution in [0.25, 0.3) is 0 Å². The molecule has 60 valence electrons. The minimum atomic E-state index is 0.170. The number of Topliss-reactive ketones (excluding diaryl/α,β-unsaturated/α-hetero) is 1. The van der Waals surface area contributed by atoms with Crippen LogP contribution in [0.2, 0.25) is 0 Å². The van der Waals surface area contributed by atoms with Gasteiger partial charge in [0, 0.05) is 12.0 Å². The zero-order valence-corrected chi connectivity index (χ0v) is 7.00. The van der Waals surface area contributed by atoms with Crippen LogP contribution in [0.15, 0.2) is 24.3 Å². The number of benzene rings is 1. The molecule has 0 spiro atoms. The third-order valence-corrected chi connectivity index (χ3v) is 1.57. The molecule has 0 aliphatic rings. The number of hydrogen-bond acceptors (Lipinski definition) is 1. The average molecular weight is 158 g/mol. The Morgan fingerprint density at radius 1 is 1.42 bits per heavy atom. The van der Waals surface area contributed by atoms with Gasteiger partial charge in [0.1, 0.15) is 5.78 Å². The van der Waals surface area contributed by atoms with E-state index in [1.165, 1.54) is 0 Å². The molecule has 12 heavy (non-hydrogen) atoms. The minimum absolute atomic E-state index is 0.170. The Bertz CT molecular complexity index is 314. The highest BCUT2D eigenvalue weighted by atomic mass is 16.1. The average Bonchev–Trinajstić information content (AvgIpc) is 2.05. The van der Waals surface area contributed by atoms with Gasteiger partial charge in [0.2, 0.25) is 0 Å². The van der Waals surface area contributed by atoms with Crippen LogP contribution < -0.4 is 0 Å². The van der Waals surface area contributed by atoms with Crippen molar-refractivity contribution >= 4 is 5.78 Å². The summed E-state index contributed by atoms with van der Waals surface area (Å²) < 4.78 is 0. The fraction of sp³-hybridized carbons (Fsp3) is 0.182. The monoisotopic (exact) mass is 158 g/mol. The predicted octanol–water partition coefficient (Wildman–Crippen LogP) is 1.80. The Morgan fingerprint density at radius 2 is 2.00 bits per heavy atom. The van der Waals surface area contributed by atoms with Crippen molar-refractivity contribution in [3.05, 3.63) is 35.4 Å². The van der Waals surface area contributed by atoms with Crippen molar-refractivity contribution in [2.24, 2.45) is 0 Å². The van der Waals surface area contributed by atoms with Crippen LogP contribution in [0.3, 0.4) is 0 Å². The van der Waals surface area contributed by atoms with Crippen molar-refractivity contribution in [1.82, 2.24) is 0 Å². The van der Waals surface area contributed by atoms with Crippen molar-refractivity contribution in [2.75, 3.05) is 0 Å². The molecule has 0 fully saturated rings. The van der Waals surface area contributed by atoms with Crippen molar-refractivity contribution in [1.29, 1.82) is 0 Å². The highest BCUT2D eigenvalue weighted by Crippen LogP contribution is 2.03. The summed E-state index contributed by atoms with van der Waals surface area (Å²) in [5.74, 6) is 2.69. The van der Waals surface area contributed by atoms with Crippen LogP contribution in [-0.2, 0) is 11.2 Å². The van der Waals surface area contributed by atoms with Crippen LogP contribution >= 0.6 is 0 Å². The zero-order valence-electron chi connectivity index (χ0n) is 7.00. The standard InChI is InChI=1S/C11H10O/c1-3-10-4-6-11(7-5-10)8-9(2)12/h1,4-7H,8H2,2H3. The van der Waals surface area contributed by atoms with E-state index in [9.17, 15) is 4.79 Å².